The van der Waals surface area contributed by atoms with Gasteiger partial charge in [-0.1, -0.05) is 18.2 Å². The molecule has 170 valence electrons. The third kappa shape index (κ3) is 4.24. The van der Waals surface area contributed by atoms with E-state index >= 15 is 0 Å². The Bertz CT molecular complexity index is 1280. The SMILES string of the molecule is O=C(c1ccccc1CN1C(=O)CNC1=O)N1CCN(Cc2cc(=O)n3ccsc3n2)CC1. The number of benzene rings is 1. The molecule has 10 nitrogen and oxygen atoms in total. The first-order valence-corrected chi connectivity index (χ1v) is 11.5. The normalized spacial score (nSPS) is 17.1. The van der Waals surface area contributed by atoms with E-state index in [0.29, 0.717) is 48.8 Å². The van der Waals surface area contributed by atoms with Crippen molar-refractivity contribution in [3.05, 3.63) is 69.1 Å². The summed E-state index contributed by atoms with van der Waals surface area (Å²) in [5.74, 6) is -0.418. The Balaban J connectivity index is 1.24. The Labute approximate surface area is 193 Å². The van der Waals surface area contributed by atoms with Crippen LogP contribution >= 0.6 is 11.3 Å². The molecule has 0 saturated carbocycles. The van der Waals surface area contributed by atoms with Gasteiger partial charge in [0, 0.05) is 55.9 Å². The zero-order chi connectivity index (χ0) is 22.9. The van der Waals surface area contributed by atoms with Crippen LogP contribution in [0.2, 0.25) is 0 Å². The maximum Gasteiger partial charge on any atom is 0.324 e. The Morgan fingerprint density at radius 1 is 1.06 bits per heavy atom. The van der Waals surface area contributed by atoms with Gasteiger partial charge in [-0.15, -0.1) is 11.3 Å². The lowest BCUT2D eigenvalue weighted by molar-refractivity contribution is -0.125. The summed E-state index contributed by atoms with van der Waals surface area (Å²) in [6, 6.07) is 8.20. The van der Waals surface area contributed by atoms with Crippen LogP contribution < -0.4 is 10.9 Å². The van der Waals surface area contributed by atoms with Gasteiger partial charge in [0.2, 0.25) is 5.91 Å². The summed E-state index contributed by atoms with van der Waals surface area (Å²) in [7, 11) is 0. The molecule has 1 N–H and O–H groups in total. The summed E-state index contributed by atoms with van der Waals surface area (Å²) in [6.45, 7) is 3.00. The molecule has 2 aliphatic heterocycles. The third-order valence-corrected chi connectivity index (χ3v) is 6.67. The van der Waals surface area contributed by atoms with E-state index in [4.69, 9.17) is 0 Å². The van der Waals surface area contributed by atoms with Crippen LogP contribution in [0.15, 0.2) is 46.7 Å². The molecule has 4 heterocycles. The van der Waals surface area contributed by atoms with E-state index in [9.17, 15) is 19.2 Å². The van der Waals surface area contributed by atoms with Gasteiger partial charge in [-0.2, -0.15) is 0 Å². The van der Waals surface area contributed by atoms with E-state index in [1.165, 1.54) is 15.7 Å². The molecule has 2 aromatic heterocycles. The second kappa shape index (κ2) is 8.75. The fraction of sp³-hybridized carbons (Fsp3) is 0.318. The molecule has 2 aliphatic rings. The minimum atomic E-state index is -0.440. The lowest BCUT2D eigenvalue weighted by atomic mass is 10.1. The van der Waals surface area contributed by atoms with Crippen LogP contribution in [-0.2, 0) is 17.9 Å². The highest BCUT2D eigenvalue weighted by atomic mass is 32.1. The van der Waals surface area contributed by atoms with Crippen molar-refractivity contribution in [1.82, 2.24) is 29.4 Å². The lowest BCUT2D eigenvalue weighted by Crippen LogP contribution is -2.48. The van der Waals surface area contributed by atoms with E-state index in [-0.39, 0.29) is 30.5 Å². The first-order chi connectivity index (χ1) is 16.0. The predicted octanol–water partition coefficient (Wildman–Crippen LogP) is 0.766. The molecule has 0 atom stereocenters. The quantitative estimate of drug-likeness (QED) is 0.557. The standard InChI is InChI=1S/C22H22N6O4S/c29-18-11-16(24-22-27(18)9-10-33-22)14-25-5-7-26(8-6-25)20(31)17-4-2-1-3-15(17)13-28-19(30)12-23-21(28)32/h1-4,9-11H,5-8,12-14H2,(H,23,32). The van der Waals surface area contributed by atoms with Crippen molar-refractivity contribution in [2.24, 2.45) is 0 Å². The van der Waals surface area contributed by atoms with Gasteiger partial charge in [0.05, 0.1) is 18.8 Å². The summed E-state index contributed by atoms with van der Waals surface area (Å²) in [5.41, 5.74) is 1.77. The molecule has 4 amide bonds. The zero-order valence-electron chi connectivity index (χ0n) is 17.8. The Hall–Kier alpha value is -3.57. The predicted molar refractivity (Wildman–Crippen MR) is 121 cm³/mol. The number of nitrogens with one attached hydrogen (secondary N) is 1. The number of amides is 4. The highest BCUT2D eigenvalue weighted by Crippen LogP contribution is 2.18. The second-order valence-corrected chi connectivity index (χ2v) is 8.88. The highest BCUT2D eigenvalue weighted by molar-refractivity contribution is 7.15. The highest BCUT2D eigenvalue weighted by Gasteiger charge is 2.30. The Kier molecular flexibility index (Phi) is 5.65. The number of nitrogens with zero attached hydrogens (tertiary/aromatic N) is 5. The minimum absolute atomic E-state index is 0.0162. The summed E-state index contributed by atoms with van der Waals surface area (Å²) in [6.07, 6.45) is 1.72. The largest absolute Gasteiger partial charge is 0.336 e. The number of imide groups is 1. The smallest absolute Gasteiger partial charge is 0.324 e. The molecular weight excluding hydrogens is 444 g/mol. The number of rotatable bonds is 5. The molecule has 33 heavy (non-hydrogen) atoms. The first-order valence-electron chi connectivity index (χ1n) is 10.6. The number of carbonyl (C=O) groups excluding carboxylic acids is 3. The molecule has 0 unspecified atom stereocenters. The molecule has 0 radical (unpaired) electrons. The maximum atomic E-state index is 13.2. The number of piperazine rings is 1. The van der Waals surface area contributed by atoms with Crippen LogP contribution in [0.25, 0.3) is 4.96 Å². The van der Waals surface area contributed by atoms with Crippen LogP contribution in [0.3, 0.4) is 0 Å². The van der Waals surface area contributed by atoms with Gasteiger partial charge in [-0.3, -0.25) is 28.6 Å². The van der Waals surface area contributed by atoms with Gasteiger partial charge < -0.3 is 10.2 Å². The maximum absolute atomic E-state index is 13.2. The molecule has 3 aromatic rings. The number of hydrogen-bond acceptors (Lipinski definition) is 7. The van der Waals surface area contributed by atoms with Crippen LogP contribution in [0, 0.1) is 0 Å². The van der Waals surface area contributed by atoms with Crippen molar-refractivity contribution in [1.29, 1.82) is 0 Å². The number of carbonyl (C=O) groups is 3. The summed E-state index contributed by atoms with van der Waals surface area (Å²) in [4.78, 5) is 59.6. The van der Waals surface area contributed by atoms with E-state index in [2.05, 4.69) is 15.2 Å². The summed E-state index contributed by atoms with van der Waals surface area (Å²) < 4.78 is 1.53. The van der Waals surface area contributed by atoms with E-state index in [1.54, 1.807) is 41.4 Å². The van der Waals surface area contributed by atoms with Gasteiger partial charge in [-0.25, -0.2) is 9.78 Å². The molecule has 0 bridgehead atoms. The van der Waals surface area contributed by atoms with Gasteiger partial charge in [0.25, 0.3) is 11.5 Å². The number of aromatic nitrogens is 2. The van der Waals surface area contributed by atoms with Crippen molar-refractivity contribution in [2.45, 2.75) is 13.1 Å². The van der Waals surface area contributed by atoms with Crippen LogP contribution in [-0.4, -0.2) is 74.7 Å². The van der Waals surface area contributed by atoms with Gasteiger partial charge in [0.15, 0.2) is 4.96 Å². The molecule has 11 heteroatoms. The van der Waals surface area contributed by atoms with Crippen molar-refractivity contribution >= 4 is 34.1 Å². The Morgan fingerprint density at radius 3 is 2.61 bits per heavy atom. The fourth-order valence-corrected chi connectivity index (χ4v) is 4.87. The van der Waals surface area contributed by atoms with Gasteiger partial charge >= 0.3 is 6.03 Å². The van der Waals surface area contributed by atoms with E-state index < -0.39 is 6.03 Å². The average molecular weight is 467 g/mol. The van der Waals surface area contributed by atoms with Gasteiger partial charge in [-0.05, 0) is 11.6 Å². The summed E-state index contributed by atoms with van der Waals surface area (Å²) in [5, 5.41) is 4.33. The monoisotopic (exact) mass is 466 g/mol. The molecule has 0 aliphatic carbocycles. The minimum Gasteiger partial charge on any atom is -0.336 e. The molecule has 2 fully saturated rings. The third-order valence-electron chi connectivity index (χ3n) is 5.91. The molecule has 0 spiro atoms. The van der Waals surface area contributed by atoms with Crippen LogP contribution in [0.1, 0.15) is 21.6 Å². The second-order valence-electron chi connectivity index (χ2n) is 8.01. The van der Waals surface area contributed by atoms with Crippen molar-refractivity contribution in [2.75, 3.05) is 32.7 Å². The first kappa shape index (κ1) is 21.3. The van der Waals surface area contributed by atoms with Crippen molar-refractivity contribution < 1.29 is 14.4 Å². The number of urea groups is 1. The zero-order valence-corrected chi connectivity index (χ0v) is 18.6. The Morgan fingerprint density at radius 2 is 1.85 bits per heavy atom. The summed E-state index contributed by atoms with van der Waals surface area (Å²) >= 11 is 1.42. The molecule has 5 rings (SSSR count). The molecular formula is C22H22N6O4S. The lowest BCUT2D eigenvalue weighted by Gasteiger charge is -2.35. The van der Waals surface area contributed by atoms with Gasteiger partial charge in [0.1, 0.15) is 0 Å². The number of fused-ring (bicyclic) bond motifs is 1. The average Bonchev–Trinajstić information content (AvgIpc) is 3.42. The van der Waals surface area contributed by atoms with E-state index in [1.807, 2.05) is 5.38 Å². The topological polar surface area (TPSA) is 107 Å². The number of thiazole rings is 1. The number of hydrogen-bond donors (Lipinski definition) is 1. The van der Waals surface area contributed by atoms with Crippen molar-refractivity contribution in [3.63, 3.8) is 0 Å². The van der Waals surface area contributed by atoms with Crippen LogP contribution in [0.5, 0.6) is 0 Å². The molecule has 2 saturated heterocycles. The van der Waals surface area contributed by atoms with E-state index in [0.717, 1.165) is 10.6 Å². The fourth-order valence-electron chi connectivity index (χ4n) is 4.13. The van der Waals surface area contributed by atoms with Crippen LogP contribution in [0.4, 0.5) is 4.79 Å². The van der Waals surface area contributed by atoms with Crippen molar-refractivity contribution in [3.8, 4) is 0 Å². The molecule has 1 aromatic carbocycles.